The maximum atomic E-state index is 10.8. The Balaban J connectivity index is 2.05. The van der Waals surface area contributed by atoms with Gasteiger partial charge in [-0.1, -0.05) is 43.2 Å². The fourth-order valence-corrected chi connectivity index (χ4v) is 3.06. The van der Waals surface area contributed by atoms with Crippen LogP contribution < -0.4 is 0 Å². The molecular weight excluding hydrogens is 340 g/mol. The van der Waals surface area contributed by atoms with Gasteiger partial charge in [-0.15, -0.1) is 0 Å². The van der Waals surface area contributed by atoms with Crippen molar-refractivity contribution in [3.63, 3.8) is 0 Å². The predicted octanol–water partition coefficient (Wildman–Crippen LogP) is 4.81. The van der Waals surface area contributed by atoms with E-state index < -0.39 is 11.2 Å². The maximum Gasteiger partial charge on any atom is 0.119 e. The first-order valence-corrected chi connectivity index (χ1v) is 9.32. The van der Waals surface area contributed by atoms with Gasteiger partial charge in [-0.25, -0.2) is 0 Å². The van der Waals surface area contributed by atoms with Crippen molar-refractivity contribution in [1.82, 2.24) is 0 Å². The highest BCUT2D eigenvalue weighted by molar-refractivity contribution is 5.71. The molecular formula is C23H30O4. The number of hydrogen-bond acceptors (Lipinski definition) is 4. The topological polar surface area (TPSA) is 80.9 Å². The molecule has 4 nitrogen and oxygen atoms in total. The van der Waals surface area contributed by atoms with E-state index in [4.69, 9.17) is 0 Å². The molecule has 1 unspecified atom stereocenters. The molecule has 2 aromatic rings. The van der Waals surface area contributed by atoms with Crippen LogP contribution >= 0.6 is 0 Å². The van der Waals surface area contributed by atoms with Gasteiger partial charge in [0.25, 0.3) is 0 Å². The van der Waals surface area contributed by atoms with Crippen molar-refractivity contribution in [3.05, 3.63) is 59.2 Å². The van der Waals surface area contributed by atoms with Gasteiger partial charge in [0.05, 0.1) is 11.2 Å². The standard InChI is InChI=1S/C23H30O4/c1-22(2,26)11-4-5-12-23(3,27)19-8-6-7-17(13-19)9-10-18-14-20(24)16-21(25)15-18/h6-10,13-16,24-27H,4-5,11-12H2,1-3H3. The van der Waals surface area contributed by atoms with Crippen LogP contribution in [0.5, 0.6) is 11.5 Å². The van der Waals surface area contributed by atoms with Gasteiger partial charge >= 0.3 is 0 Å². The van der Waals surface area contributed by atoms with Crippen LogP contribution in [0.4, 0.5) is 0 Å². The Bertz CT molecular complexity index is 765. The highest BCUT2D eigenvalue weighted by Crippen LogP contribution is 2.29. The van der Waals surface area contributed by atoms with Crippen LogP contribution in [0, 0.1) is 0 Å². The number of unbranched alkanes of at least 4 members (excludes halogenated alkanes) is 1. The van der Waals surface area contributed by atoms with E-state index in [1.54, 1.807) is 32.1 Å². The normalized spacial score (nSPS) is 14.4. The van der Waals surface area contributed by atoms with Gasteiger partial charge in [-0.05, 0) is 68.5 Å². The van der Waals surface area contributed by atoms with E-state index in [-0.39, 0.29) is 11.5 Å². The van der Waals surface area contributed by atoms with Crippen LogP contribution in [-0.4, -0.2) is 26.0 Å². The summed E-state index contributed by atoms with van der Waals surface area (Å²) in [6.45, 7) is 5.41. The highest BCUT2D eigenvalue weighted by atomic mass is 16.3. The van der Waals surface area contributed by atoms with Crippen LogP contribution in [0.25, 0.3) is 12.2 Å². The molecule has 0 amide bonds. The van der Waals surface area contributed by atoms with E-state index in [9.17, 15) is 20.4 Å². The number of phenols is 2. The summed E-state index contributed by atoms with van der Waals surface area (Å²) in [6, 6.07) is 12.1. The van der Waals surface area contributed by atoms with Crippen molar-refractivity contribution >= 4 is 12.2 Å². The maximum absolute atomic E-state index is 10.8. The van der Waals surface area contributed by atoms with Gasteiger partial charge in [0, 0.05) is 6.07 Å². The molecule has 0 radical (unpaired) electrons. The van der Waals surface area contributed by atoms with Crippen molar-refractivity contribution in [1.29, 1.82) is 0 Å². The third-order valence-corrected chi connectivity index (χ3v) is 4.60. The van der Waals surface area contributed by atoms with Gasteiger partial charge in [0.15, 0.2) is 0 Å². The molecule has 0 aromatic heterocycles. The largest absolute Gasteiger partial charge is 0.508 e. The first-order valence-electron chi connectivity index (χ1n) is 9.32. The number of aliphatic hydroxyl groups is 2. The molecule has 0 aliphatic rings. The minimum Gasteiger partial charge on any atom is -0.508 e. The molecule has 1 atom stereocenters. The zero-order valence-electron chi connectivity index (χ0n) is 16.3. The average molecular weight is 370 g/mol. The Hall–Kier alpha value is -2.30. The molecule has 146 valence electrons. The van der Waals surface area contributed by atoms with Crippen LogP contribution in [0.3, 0.4) is 0 Å². The third kappa shape index (κ3) is 7.08. The van der Waals surface area contributed by atoms with Gasteiger partial charge in [-0.3, -0.25) is 0 Å². The van der Waals surface area contributed by atoms with Crippen molar-refractivity contribution < 1.29 is 20.4 Å². The van der Waals surface area contributed by atoms with Gasteiger partial charge in [0.2, 0.25) is 0 Å². The number of phenolic OH excluding ortho intramolecular Hbond substituents is 2. The molecule has 4 N–H and O–H groups in total. The first-order chi connectivity index (χ1) is 12.5. The van der Waals surface area contributed by atoms with E-state index in [1.165, 1.54) is 6.07 Å². The quantitative estimate of drug-likeness (QED) is 0.397. The summed E-state index contributed by atoms with van der Waals surface area (Å²) in [6.07, 6.45) is 6.71. The van der Waals surface area contributed by atoms with Crippen LogP contribution in [-0.2, 0) is 5.60 Å². The van der Waals surface area contributed by atoms with E-state index in [1.807, 2.05) is 37.3 Å². The highest BCUT2D eigenvalue weighted by Gasteiger charge is 2.23. The molecule has 4 heteroatoms. The van der Waals surface area contributed by atoms with Gasteiger partial charge in [-0.2, -0.15) is 0 Å². The third-order valence-electron chi connectivity index (χ3n) is 4.60. The van der Waals surface area contributed by atoms with E-state index in [0.29, 0.717) is 18.4 Å². The lowest BCUT2D eigenvalue weighted by Gasteiger charge is -2.25. The second-order valence-corrected chi connectivity index (χ2v) is 8.03. The minimum atomic E-state index is -0.938. The van der Waals surface area contributed by atoms with Crippen molar-refractivity contribution in [2.24, 2.45) is 0 Å². The van der Waals surface area contributed by atoms with Crippen LogP contribution in [0.1, 0.15) is 63.1 Å². The Labute approximate surface area is 161 Å². The Morgan fingerprint density at radius 3 is 2.00 bits per heavy atom. The van der Waals surface area contributed by atoms with E-state index >= 15 is 0 Å². The van der Waals surface area contributed by atoms with Crippen LogP contribution in [0.15, 0.2) is 42.5 Å². The SMILES string of the molecule is CC(C)(O)CCCCC(C)(O)c1cccc(C=Cc2cc(O)cc(O)c2)c1. The smallest absolute Gasteiger partial charge is 0.119 e. The summed E-state index contributed by atoms with van der Waals surface area (Å²) in [5.74, 6) is 0.0229. The lowest BCUT2D eigenvalue weighted by molar-refractivity contribution is 0.0374. The van der Waals surface area contributed by atoms with E-state index in [2.05, 4.69) is 0 Å². The molecule has 0 aliphatic carbocycles. The molecule has 0 heterocycles. The summed E-state index contributed by atoms with van der Waals surface area (Å²) in [5.41, 5.74) is 0.846. The molecule has 0 bridgehead atoms. The predicted molar refractivity (Wildman–Crippen MR) is 109 cm³/mol. The summed E-state index contributed by atoms with van der Waals surface area (Å²) >= 11 is 0. The lowest BCUT2D eigenvalue weighted by atomic mass is 9.88. The molecule has 0 saturated heterocycles. The second-order valence-electron chi connectivity index (χ2n) is 8.03. The summed E-state index contributed by atoms with van der Waals surface area (Å²) in [5, 5.41) is 39.7. The number of rotatable bonds is 8. The number of hydrogen-bond donors (Lipinski definition) is 4. The molecule has 0 fully saturated rings. The van der Waals surface area contributed by atoms with Crippen molar-refractivity contribution in [2.45, 2.75) is 57.7 Å². The molecule has 0 saturated carbocycles. The fourth-order valence-electron chi connectivity index (χ4n) is 3.06. The van der Waals surface area contributed by atoms with E-state index in [0.717, 1.165) is 24.0 Å². The van der Waals surface area contributed by atoms with Gasteiger partial charge in [0.1, 0.15) is 11.5 Å². The van der Waals surface area contributed by atoms with Crippen molar-refractivity contribution in [3.8, 4) is 11.5 Å². The molecule has 27 heavy (non-hydrogen) atoms. The number of benzene rings is 2. The monoisotopic (exact) mass is 370 g/mol. The molecule has 0 spiro atoms. The molecule has 0 aliphatic heterocycles. The fraction of sp³-hybridized carbons (Fsp3) is 0.391. The second kappa shape index (κ2) is 8.59. The molecule has 2 rings (SSSR count). The minimum absolute atomic E-state index is 0.0115. The zero-order valence-corrected chi connectivity index (χ0v) is 16.3. The summed E-state index contributed by atoms with van der Waals surface area (Å²) < 4.78 is 0. The van der Waals surface area contributed by atoms with Crippen molar-refractivity contribution in [2.75, 3.05) is 0 Å². The molecule has 2 aromatic carbocycles. The summed E-state index contributed by atoms with van der Waals surface area (Å²) in [7, 11) is 0. The zero-order chi connectivity index (χ0) is 20.1. The summed E-state index contributed by atoms with van der Waals surface area (Å²) in [4.78, 5) is 0. The average Bonchev–Trinajstić information content (AvgIpc) is 2.56. The van der Waals surface area contributed by atoms with Crippen LogP contribution in [0.2, 0.25) is 0 Å². The Morgan fingerprint density at radius 2 is 1.37 bits per heavy atom. The Kier molecular flexibility index (Phi) is 6.68. The lowest BCUT2D eigenvalue weighted by Crippen LogP contribution is -2.22. The van der Waals surface area contributed by atoms with Gasteiger partial charge < -0.3 is 20.4 Å². The first kappa shape index (κ1) is 21.0. The Morgan fingerprint density at radius 1 is 0.778 bits per heavy atom. The number of aromatic hydroxyl groups is 2.